The van der Waals surface area contributed by atoms with Crippen molar-refractivity contribution in [2.45, 2.75) is 19.0 Å². The van der Waals surface area contributed by atoms with Crippen LogP contribution in [0.1, 0.15) is 18.0 Å². The molecule has 4 aromatic rings. The van der Waals surface area contributed by atoms with E-state index in [2.05, 4.69) is 15.3 Å². The van der Waals surface area contributed by atoms with Gasteiger partial charge in [-0.2, -0.15) is 0 Å². The van der Waals surface area contributed by atoms with Crippen molar-refractivity contribution in [2.24, 2.45) is 0 Å². The fourth-order valence-corrected chi connectivity index (χ4v) is 4.04. The number of fused-ring (bicyclic) bond motifs is 3. The lowest BCUT2D eigenvalue weighted by Gasteiger charge is -2.16. The summed E-state index contributed by atoms with van der Waals surface area (Å²) in [7, 11) is 0. The number of imidazole rings is 1. The summed E-state index contributed by atoms with van der Waals surface area (Å²) in [5.74, 6) is -0.326. The molecule has 1 N–H and O–H groups in total. The van der Waals surface area contributed by atoms with E-state index in [9.17, 15) is 19.7 Å². The lowest BCUT2D eigenvalue weighted by Crippen LogP contribution is -2.31. The van der Waals surface area contributed by atoms with Gasteiger partial charge in [0, 0.05) is 18.5 Å². The summed E-state index contributed by atoms with van der Waals surface area (Å²) in [5, 5.41) is 13.8. The van der Waals surface area contributed by atoms with Crippen molar-refractivity contribution < 1.29 is 14.5 Å². The normalized spacial score (nSPS) is 15.0. The Morgan fingerprint density at radius 3 is 2.67 bits per heavy atom. The van der Waals surface area contributed by atoms with Gasteiger partial charge in [-0.05, 0) is 29.8 Å². The van der Waals surface area contributed by atoms with Crippen LogP contribution in [0.2, 0.25) is 0 Å². The minimum absolute atomic E-state index is 0.0841. The first kappa shape index (κ1) is 20.3. The molecular formula is C23H18N6O4. The zero-order valence-corrected chi connectivity index (χ0v) is 17.3. The standard InChI is InChI=1S/C23H18N6O4/c30-21(25-17-8-2-4-10-19(17)29(32)33)12-20-22(31)27(14-15-6-5-11-24-13-15)23-26-16-7-1-3-9-18(16)28(20)23/h1-11,13,20H,12,14H2,(H,25,30). The molecule has 1 atom stereocenters. The SMILES string of the molecule is O=C(CC1C(=O)N(Cc2cccnc2)c2nc3ccccc3n21)Nc1ccccc1[N+](=O)[O-]. The number of amides is 2. The van der Waals surface area contributed by atoms with Crippen LogP contribution < -0.4 is 10.2 Å². The number of carbonyl (C=O) groups is 2. The number of hydrogen-bond acceptors (Lipinski definition) is 6. The molecule has 33 heavy (non-hydrogen) atoms. The number of nitro benzene ring substituents is 1. The van der Waals surface area contributed by atoms with E-state index in [0.717, 1.165) is 11.1 Å². The van der Waals surface area contributed by atoms with Gasteiger partial charge in [0.15, 0.2) is 0 Å². The van der Waals surface area contributed by atoms with Crippen molar-refractivity contribution >= 4 is 40.2 Å². The van der Waals surface area contributed by atoms with Gasteiger partial charge in [-0.25, -0.2) is 4.98 Å². The maximum Gasteiger partial charge on any atom is 0.292 e. The Morgan fingerprint density at radius 1 is 1.09 bits per heavy atom. The monoisotopic (exact) mass is 442 g/mol. The summed E-state index contributed by atoms with van der Waals surface area (Å²) in [6.07, 6.45) is 3.14. The second-order valence-corrected chi connectivity index (χ2v) is 7.60. The maximum absolute atomic E-state index is 13.4. The molecule has 10 nitrogen and oxygen atoms in total. The highest BCUT2D eigenvalue weighted by atomic mass is 16.6. The Bertz CT molecular complexity index is 1380. The molecule has 0 spiro atoms. The van der Waals surface area contributed by atoms with Crippen molar-refractivity contribution in [3.63, 3.8) is 0 Å². The van der Waals surface area contributed by atoms with Crippen LogP contribution in [-0.4, -0.2) is 31.3 Å². The van der Waals surface area contributed by atoms with Crippen LogP contribution in [0.5, 0.6) is 0 Å². The largest absolute Gasteiger partial charge is 0.320 e. The highest BCUT2D eigenvalue weighted by molar-refractivity contribution is 6.05. The number of aromatic nitrogens is 3. The van der Waals surface area contributed by atoms with Gasteiger partial charge in [0.25, 0.3) is 11.6 Å². The van der Waals surface area contributed by atoms with Gasteiger partial charge in [-0.15, -0.1) is 0 Å². The van der Waals surface area contributed by atoms with Gasteiger partial charge in [-0.3, -0.25) is 34.2 Å². The van der Waals surface area contributed by atoms with Crippen molar-refractivity contribution in [2.75, 3.05) is 10.2 Å². The minimum atomic E-state index is -0.827. The molecule has 2 aromatic heterocycles. The van der Waals surface area contributed by atoms with Crippen LogP contribution in [0.4, 0.5) is 17.3 Å². The van der Waals surface area contributed by atoms with E-state index in [0.29, 0.717) is 11.5 Å². The van der Waals surface area contributed by atoms with Gasteiger partial charge in [0.1, 0.15) is 11.7 Å². The average Bonchev–Trinajstić information content (AvgIpc) is 3.31. The smallest absolute Gasteiger partial charge is 0.292 e. The van der Waals surface area contributed by atoms with Crippen LogP contribution in [0.3, 0.4) is 0 Å². The van der Waals surface area contributed by atoms with Gasteiger partial charge in [0.2, 0.25) is 11.9 Å². The molecular weight excluding hydrogens is 424 g/mol. The fourth-order valence-electron chi connectivity index (χ4n) is 4.04. The van der Waals surface area contributed by atoms with Crippen molar-refractivity contribution in [3.05, 3.63) is 88.7 Å². The molecule has 0 aliphatic carbocycles. The molecule has 2 amide bonds. The average molecular weight is 442 g/mol. The molecule has 5 rings (SSSR count). The zero-order valence-electron chi connectivity index (χ0n) is 17.3. The van der Waals surface area contributed by atoms with E-state index < -0.39 is 16.9 Å². The molecule has 1 aliphatic heterocycles. The highest BCUT2D eigenvalue weighted by Crippen LogP contribution is 2.37. The van der Waals surface area contributed by atoms with E-state index in [-0.39, 0.29) is 30.2 Å². The topological polar surface area (TPSA) is 123 Å². The van der Waals surface area contributed by atoms with Crippen LogP contribution in [0.15, 0.2) is 73.1 Å². The molecule has 1 aliphatic rings. The molecule has 0 bridgehead atoms. The van der Waals surface area contributed by atoms with Crippen LogP contribution in [0, 0.1) is 10.1 Å². The van der Waals surface area contributed by atoms with Crippen molar-refractivity contribution in [1.29, 1.82) is 0 Å². The Hall–Kier alpha value is -4.60. The summed E-state index contributed by atoms with van der Waals surface area (Å²) in [6, 6.07) is 16.1. The van der Waals surface area contributed by atoms with Crippen LogP contribution in [-0.2, 0) is 16.1 Å². The number of nitro groups is 1. The van der Waals surface area contributed by atoms with Crippen molar-refractivity contribution in [1.82, 2.24) is 14.5 Å². The fraction of sp³-hybridized carbons (Fsp3) is 0.130. The predicted molar refractivity (Wildman–Crippen MR) is 121 cm³/mol. The summed E-state index contributed by atoms with van der Waals surface area (Å²) < 4.78 is 1.76. The Balaban J connectivity index is 1.47. The molecule has 0 saturated heterocycles. The first-order valence-corrected chi connectivity index (χ1v) is 10.2. The highest BCUT2D eigenvalue weighted by Gasteiger charge is 2.41. The summed E-state index contributed by atoms with van der Waals surface area (Å²) in [6.45, 7) is 0.262. The number of nitrogens with zero attached hydrogens (tertiary/aromatic N) is 5. The second-order valence-electron chi connectivity index (χ2n) is 7.60. The Morgan fingerprint density at radius 2 is 1.88 bits per heavy atom. The third-order valence-corrected chi connectivity index (χ3v) is 5.50. The van der Waals surface area contributed by atoms with Gasteiger partial charge >= 0.3 is 0 Å². The Labute approximate surface area is 187 Å². The Kier molecular flexibility index (Phi) is 5.02. The predicted octanol–water partition coefficient (Wildman–Crippen LogP) is 3.46. The van der Waals surface area contributed by atoms with E-state index in [1.807, 2.05) is 30.3 Å². The first-order chi connectivity index (χ1) is 16.0. The lowest BCUT2D eigenvalue weighted by atomic mass is 10.1. The number of pyridine rings is 1. The number of benzene rings is 2. The van der Waals surface area contributed by atoms with Gasteiger partial charge in [-0.1, -0.05) is 30.3 Å². The van der Waals surface area contributed by atoms with Crippen LogP contribution in [0.25, 0.3) is 11.0 Å². The molecule has 164 valence electrons. The zero-order chi connectivity index (χ0) is 22.9. The molecule has 0 fully saturated rings. The summed E-state index contributed by atoms with van der Waals surface area (Å²) in [4.78, 5) is 47.2. The maximum atomic E-state index is 13.4. The molecule has 0 radical (unpaired) electrons. The van der Waals surface area contributed by atoms with E-state index >= 15 is 0 Å². The second kappa shape index (κ2) is 8.15. The third kappa shape index (κ3) is 3.67. The van der Waals surface area contributed by atoms with E-state index in [4.69, 9.17) is 0 Å². The van der Waals surface area contributed by atoms with Gasteiger partial charge < -0.3 is 5.32 Å². The number of carbonyl (C=O) groups excluding carboxylic acids is 2. The molecule has 10 heteroatoms. The van der Waals surface area contributed by atoms with Crippen molar-refractivity contribution in [3.8, 4) is 0 Å². The number of nitrogens with one attached hydrogen (secondary N) is 1. The lowest BCUT2D eigenvalue weighted by molar-refractivity contribution is -0.383. The quantitative estimate of drug-likeness (QED) is 0.360. The van der Waals surface area contributed by atoms with E-state index in [1.54, 1.807) is 34.0 Å². The van der Waals surface area contributed by atoms with Crippen LogP contribution >= 0.6 is 0 Å². The minimum Gasteiger partial charge on any atom is -0.320 e. The number of anilines is 2. The molecule has 2 aromatic carbocycles. The molecule has 3 heterocycles. The summed E-state index contributed by atoms with van der Waals surface area (Å²) >= 11 is 0. The molecule has 1 unspecified atom stereocenters. The summed E-state index contributed by atoms with van der Waals surface area (Å²) in [5.41, 5.74) is 2.14. The third-order valence-electron chi connectivity index (χ3n) is 5.50. The van der Waals surface area contributed by atoms with E-state index in [1.165, 1.54) is 18.2 Å². The number of hydrogen-bond donors (Lipinski definition) is 1. The number of rotatable bonds is 6. The number of para-hydroxylation sites is 4. The van der Waals surface area contributed by atoms with Gasteiger partial charge in [0.05, 0.1) is 28.9 Å². The first-order valence-electron chi connectivity index (χ1n) is 10.2. The molecule has 0 saturated carbocycles.